The van der Waals surface area contributed by atoms with Crippen LogP contribution in [0.5, 0.6) is 0 Å². The highest BCUT2D eigenvalue weighted by Gasteiger charge is 2.24. The number of aromatic nitrogens is 4. The van der Waals surface area contributed by atoms with Crippen LogP contribution in [0.3, 0.4) is 0 Å². The molecule has 11 heteroatoms. The van der Waals surface area contributed by atoms with E-state index in [2.05, 4.69) is 20.3 Å². The molecule has 1 fully saturated rings. The van der Waals surface area contributed by atoms with Gasteiger partial charge in [-0.2, -0.15) is 9.97 Å². The van der Waals surface area contributed by atoms with E-state index in [-0.39, 0.29) is 17.7 Å². The number of carbonyl (C=O) groups excluding carboxylic acids is 1. The van der Waals surface area contributed by atoms with Crippen LogP contribution in [-0.2, 0) is 9.53 Å². The van der Waals surface area contributed by atoms with Gasteiger partial charge in [-0.15, -0.1) is 0 Å². The molecule has 0 radical (unpaired) electrons. The quantitative estimate of drug-likeness (QED) is 0.624. The van der Waals surface area contributed by atoms with Crippen molar-refractivity contribution in [2.75, 3.05) is 50.6 Å². The number of morpholine rings is 1. The zero-order valence-electron chi connectivity index (χ0n) is 18.1. The number of para-hydroxylation sites is 2. The average molecular weight is 445 g/mol. The number of hydrogen-bond donors (Lipinski definition) is 1. The highest BCUT2D eigenvalue weighted by atomic mass is 19.3. The molecule has 9 nitrogen and oxygen atoms in total. The van der Waals surface area contributed by atoms with Gasteiger partial charge in [-0.25, -0.2) is 13.8 Å². The maximum Gasteiger partial charge on any atom is 0.296 e. The number of nitrogens with zero attached hydrogens (tertiary/aromatic N) is 6. The number of fused-ring (bicyclic) bond motifs is 1. The molecule has 1 amide bonds. The Kier molecular flexibility index (Phi) is 6.17. The molecule has 0 aliphatic carbocycles. The molecular formula is C21H25F2N7O2. The summed E-state index contributed by atoms with van der Waals surface area (Å²) in [6.45, 7) is 3.98. The Morgan fingerprint density at radius 3 is 2.50 bits per heavy atom. The van der Waals surface area contributed by atoms with E-state index in [4.69, 9.17) is 4.74 Å². The minimum Gasteiger partial charge on any atom is -0.378 e. The van der Waals surface area contributed by atoms with Gasteiger partial charge in [-0.05, 0) is 19.1 Å². The molecule has 1 saturated heterocycles. The van der Waals surface area contributed by atoms with Gasteiger partial charge < -0.3 is 19.9 Å². The monoisotopic (exact) mass is 445 g/mol. The summed E-state index contributed by atoms with van der Waals surface area (Å²) in [5.41, 5.74) is 0.956. The molecule has 1 aliphatic rings. The normalized spacial score (nSPS) is 15.2. The number of imidazole rings is 1. The highest BCUT2D eigenvalue weighted by Crippen LogP contribution is 2.29. The number of amides is 1. The van der Waals surface area contributed by atoms with E-state index in [1.54, 1.807) is 51.4 Å². The van der Waals surface area contributed by atoms with Gasteiger partial charge in [0.25, 0.3) is 6.43 Å². The van der Waals surface area contributed by atoms with Crippen LogP contribution in [0.15, 0.2) is 30.3 Å². The molecule has 3 aromatic rings. The van der Waals surface area contributed by atoms with Crippen LogP contribution in [-0.4, -0.2) is 76.8 Å². The van der Waals surface area contributed by atoms with Gasteiger partial charge in [0.1, 0.15) is 17.7 Å². The Labute approximate surface area is 184 Å². The Morgan fingerprint density at radius 1 is 1.12 bits per heavy atom. The molecule has 170 valence electrons. The number of hydrogen-bond acceptors (Lipinski definition) is 7. The second kappa shape index (κ2) is 9.03. The molecule has 2 aromatic heterocycles. The second-order valence-electron chi connectivity index (χ2n) is 7.70. The molecule has 1 atom stereocenters. The number of anilines is 2. The standard InChI is InChI=1S/C21H25F2N7O2/c1-13(20(31)28(2)3)24-21-26-16(29-8-10-32-11-9-29)12-17(27-21)30-15-7-5-4-6-14(15)25-19(30)18(22)23/h4-7,12-13,18H,8-11H2,1-3H3,(H,24,26,27). The van der Waals surface area contributed by atoms with E-state index >= 15 is 0 Å². The van der Waals surface area contributed by atoms with Crippen LogP contribution in [0, 0.1) is 0 Å². The van der Waals surface area contributed by atoms with Crippen molar-refractivity contribution in [1.29, 1.82) is 0 Å². The lowest BCUT2D eigenvalue weighted by Gasteiger charge is -2.28. The fraction of sp³-hybridized carbons (Fsp3) is 0.429. The van der Waals surface area contributed by atoms with Gasteiger partial charge in [0.15, 0.2) is 5.82 Å². The third kappa shape index (κ3) is 4.33. The third-order valence-electron chi connectivity index (χ3n) is 5.20. The molecule has 1 unspecified atom stereocenters. The van der Waals surface area contributed by atoms with Gasteiger partial charge in [0.2, 0.25) is 11.9 Å². The Morgan fingerprint density at radius 2 is 1.81 bits per heavy atom. The van der Waals surface area contributed by atoms with Crippen LogP contribution in [0.2, 0.25) is 0 Å². The molecule has 1 aliphatic heterocycles. The predicted octanol–water partition coefficient (Wildman–Crippen LogP) is 2.48. The maximum absolute atomic E-state index is 13.9. The predicted molar refractivity (Wildman–Crippen MR) is 116 cm³/mol. The van der Waals surface area contributed by atoms with Gasteiger partial charge >= 0.3 is 0 Å². The Hall–Kier alpha value is -3.34. The van der Waals surface area contributed by atoms with Gasteiger partial charge in [0, 0.05) is 33.3 Å². The van der Waals surface area contributed by atoms with E-state index < -0.39 is 18.3 Å². The second-order valence-corrected chi connectivity index (χ2v) is 7.70. The molecule has 4 rings (SSSR count). The third-order valence-corrected chi connectivity index (χ3v) is 5.20. The zero-order chi connectivity index (χ0) is 22.8. The molecule has 32 heavy (non-hydrogen) atoms. The van der Waals surface area contributed by atoms with Crippen LogP contribution in [0.4, 0.5) is 20.5 Å². The van der Waals surface area contributed by atoms with E-state index in [1.165, 1.54) is 9.47 Å². The lowest BCUT2D eigenvalue weighted by molar-refractivity contribution is -0.129. The van der Waals surface area contributed by atoms with E-state index in [1.807, 2.05) is 4.90 Å². The molecule has 1 N–H and O–H groups in total. The largest absolute Gasteiger partial charge is 0.378 e. The topological polar surface area (TPSA) is 88.4 Å². The molecule has 0 spiro atoms. The van der Waals surface area contributed by atoms with Crippen LogP contribution in [0.25, 0.3) is 16.9 Å². The number of likely N-dealkylation sites (N-methyl/N-ethyl adjacent to an activating group) is 1. The summed E-state index contributed by atoms with van der Waals surface area (Å²) in [6.07, 6.45) is -2.80. The van der Waals surface area contributed by atoms with E-state index in [9.17, 15) is 13.6 Å². The van der Waals surface area contributed by atoms with Crippen molar-refractivity contribution >= 4 is 28.7 Å². The molecule has 3 heterocycles. The van der Waals surface area contributed by atoms with E-state index in [0.717, 1.165) is 0 Å². The maximum atomic E-state index is 13.9. The summed E-state index contributed by atoms with van der Waals surface area (Å²) in [4.78, 5) is 28.9. The number of alkyl halides is 2. The van der Waals surface area contributed by atoms with Crippen molar-refractivity contribution in [1.82, 2.24) is 24.4 Å². The summed E-state index contributed by atoms with van der Waals surface area (Å²) >= 11 is 0. The van der Waals surface area contributed by atoms with Gasteiger partial charge in [-0.1, -0.05) is 12.1 Å². The van der Waals surface area contributed by atoms with Crippen LogP contribution in [0.1, 0.15) is 19.2 Å². The average Bonchev–Trinajstić information content (AvgIpc) is 3.19. The van der Waals surface area contributed by atoms with Crippen molar-refractivity contribution < 1.29 is 18.3 Å². The van der Waals surface area contributed by atoms with Crippen molar-refractivity contribution in [3.05, 3.63) is 36.2 Å². The Bertz CT molecular complexity index is 1110. The minimum absolute atomic E-state index is 0.159. The number of benzene rings is 1. The minimum atomic E-state index is -2.80. The zero-order valence-corrected chi connectivity index (χ0v) is 18.1. The first kappa shape index (κ1) is 21.9. The smallest absolute Gasteiger partial charge is 0.296 e. The first-order chi connectivity index (χ1) is 15.3. The fourth-order valence-corrected chi connectivity index (χ4v) is 3.63. The van der Waals surface area contributed by atoms with Crippen LogP contribution < -0.4 is 10.2 Å². The number of nitrogens with one attached hydrogen (secondary N) is 1. The lowest BCUT2D eigenvalue weighted by Crippen LogP contribution is -2.38. The number of rotatable bonds is 6. The Balaban J connectivity index is 1.84. The molecule has 0 bridgehead atoms. The number of carbonyl (C=O) groups is 1. The van der Waals surface area contributed by atoms with Crippen molar-refractivity contribution in [3.63, 3.8) is 0 Å². The molecule has 1 aromatic carbocycles. The number of halogens is 2. The SMILES string of the molecule is CC(Nc1nc(N2CCOCC2)cc(-n2c(C(F)F)nc3ccccc32)n1)C(=O)N(C)C. The molecular weight excluding hydrogens is 420 g/mol. The van der Waals surface area contributed by atoms with Crippen molar-refractivity contribution in [2.45, 2.75) is 19.4 Å². The van der Waals surface area contributed by atoms with Gasteiger partial charge in [0.05, 0.1) is 24.2 Å². The summed E-state index contributed by atoms with van der Waals surface area (Å²) in [5.74, 6) is 0.417. The van der Waals surface area contributed by atoms with Crippen LogP contribution >= 0.6 is 0 Å². The van der Waals surface area contributed by atoms with Crippen molar-refractivity contribution in [3.8, 4) is 5.82 Å². The fourth-order valence-electron chi connectivity index (χ4n) is 3.63. The first-order valence-electron chi connectivity index (χ1n) is 10.3. The summed E-state index contributed by atoms with van der Waals surface area (Å²) < 4.78 is 34.5. The molecule has 0 saturated carbocycles. The summed E-state index contributed by atoms with van der Waals surface area (Å²) in [5, 5.41) is 3.01. The van der Waals surface area contributed by atoms with Crippen molar-refractivity contribution in [2.24, 2.45) is 0 Å². The van der Waals surface area contributed by atoms with Gasteiger partial charge in [-0.3, -0.25) is 9.36 Å². The highest BCUT2D eigenvalue weighted by molar-refractivity contribution is 5.83. The number of ether oxygens (including phenoxy) is 1. The summed E-state index contributed by atoms with van der Waals surface area (Å²) in [7, 11) is 3.31. The first-order valence-corrected chi connectivity index (χ1v) is 10.3. The summed E-state index contributed by atoms with van der Waals surface area (Å²) in [6, 6.07) is 7.96. The lowest BCUT2D eigenvalue weighted by atomic mass is 10.3. The van der Waals surface area contributed by atoms with E-state index in [0.29, 0.717) is 43.2 Å².